The summed E-state index contributed by atoms with van der Waals surface area (Å²) < 4.78 is 3.23. The molecule has 1 saturated carbocycles. The van der Waals surface area contributed by atoms with E-state index in [2.05, 4.69) is 62.2 Å². The topological polar surface area (TPSA) is 29.3 Å². The zero-order chi connectivity index (χ0) is 15.6. The van der Waals surface area contributed by atoms with Gasteiger partial charge in [-0.1, -0.05) is 49.6 Å². The fourth-order valence-electron chi connectivity index (χ4n) is 3.39. The summed E-state index contributed by atoms with van der Waals surface area (Å²) in [5, 5.41) is 3.78. The molecule has 23 heavy (non-hydrogen) atoms. The predicted molar refractivity (Wildman–Crippen MR) is 98.8 cm³/mol. The number of nitrogens with one attached hydrogen (secondary N) is 1. The molecule has 0 bridgehead atoms. The number of pyridine rings is 1. The molecule has 3 nitrogen and oxygen atoms in total. The highest BCUT2D eigenvalue weighted by Crippen LogP contribution is 2.32. The van der Waals surface area contributed by atoms with Gasteiger partial charge in [-0.3, -0.25) is 4.40 Å². The average Bonchev–Trinajstić information content (AvgIpc) is 2.95. The molecule has 1 fully saturated rings. The van der Waals surface area contributed by atoms with Gasteiger partial charge in [0, 0.05) is 22.3 Å². The molecule has 1 N–H and O–H groups in total. The van der Waals surface area contributed by atoms with E-state index < -0.39 is 0 Å². The van der Waals surface area contributed by atoms with Gasteiger partial charge in [0.25, 0.3) is 0 Å². The summed E-state index contributed by atoms with van der Waals surface area (Å²) in [5.74, 6) is 1.11. The molecule has 0 amide bonds. The molecule has 1 aliphatic carbocycles. The Morgan fingerprint density at radius 3 is 2.57 bits per heavy atom. The van der Waals surface area contributed by atoms with Crippen LogP contribution in [0.15, 0.2) is 53.1 Å². The molecule has 0 aliphatic heterocycles. The van der Waals surface area contributed by atoms with Crippen LogP contribution in [0.25, 0.3) is 16.9 Å². The summed E-state index contributed by atoms with van der Waals surface area (Å²) in [5.41, 5.74) is 3.17. The summed E-state index contributed by atoms with van der Waals surface area (Å²) in [4.78, 5) is 4.87. The van der Waals surface area contributed by atoms with Gasteiger partial charge in [-0.25, -0.2) is 4.98 Å². The van der Waals surface area contributed by atoms with E-state index in [4.69, 9.17) is 4.98 Å². The van der Waals surface area contributed by atoms with Crippen molar-refractivity contribution in [1.29, 1.82) is 0 Å². The molecule has 118 valence electrons. The maximum atomic E-state index is 4.87. The summed E-state index contributed by atoms with van der Waals surface area (Å²) in [6, 6.07) is 15.1. The summed E-state index contributed by atoms with van der Waals surface area (Å²) in [7, 11) is 0. The highest BCUT2D eigenvalue weighted by atomic mass is 79.9. The number of hydrogen-bond acceptors (Lipinski definition) is 2. The van der Waals surface area contributed by atoms with Crippen molar-refractivity contribution in [2.45, 2.75) is 38.1 Å². The first-order valence-corrected chi connectivity index (χ1v) is 9.10. The lowest BCUT2D eigenvalue weighted by atomic mass is 9.95. The van der Waals surface area contributed by atoms with Crippen molar-refractivity contribution in [2.75, 3.05) is 5.32 Å². The lowest BCUT2D eigenvalue weighted by Crippen LogP contribution is -2.23. The van der Waals surface area contributed by atoms with Gasteiger partial charge in [0.1, 0.15) is 17.2 Å². The van der Waals surface area contributed by atoms with Crippen LogP contribution in [0, 0.1) is 0 Å². The highest BCUT2D eigenvalue weighted by Gasteiger charge is 2.19. The van der Waals surface area contributed by atoms with Crippen LogP contribution in [0.4, 0.5) is 5.82 Å². The van der Waals surface area contributed by atoms with Gasteiger partial charge in [0.15, 0.2) is 0 Å². The van der Waals surface area contributed by atoms with Crippen LogP contribution in [-0.2, 0) is 0 Å². The Labute approximate surface area is 144 Å². The summed E-state index contributed by atoms with van der Waals surface area (Å²) in [6.07, 6.45) is 8.59. The highest BCUT2D eigenvalue weighted by molar-refractivity contribution is 9.10. The standard InChI is InChI=1S/C19H20BrN3/c20-15-11-12-17-22-18(14-7-3-1-4-8-14)19(23(17)13-15)21-16-9-5-2-6-10-16/h1,3-4,7-8,11-13,16,21H,2,5-6,9-10H2. The van der Waals surface area contributed by atoms with Crippen molar-refractivity contribution in [3.8, 4) is 11.3 Å². The van der Waals surface area contributed by atoms with Crippen molar-refractivity contribution < 1.29 is 0 Å². The van der Waals surface area contributed by atoms with E-state index in [1.165, 1.54) is 32.1 Å². The Kier molecular flexibility index (Phi) is 4.08. The van der Waals surface area contributed by atoms with E-state index in [-0.39, 0.29) is 0 Å². The molecule has 0 atom stereocenters. The van der Waals surface area contributed by atoms with Crippen LogP contribution in [0.5, 0.6) is 0 Å². The first-order chi connectivity index (χ1) is 11.3. The third-order valence-corrected chi connectivity index (χ3v) is 5.04. The second-order valence-electron chi connectivity index (χ2n) is 6.23. The molecule has 3 aromatic rings. The van der Waals surface area contributed by atoms with Crippen molar-refractivity contribution in [2.24, 2.45) is 0 Å². The summed E-state index contributed by atoms with van der Waals surface area (Å²) >= 11 is 3.58. The van der Waals surface area contributed by atoms with Crippen LogP contribution in [-0.4, -0.2) is 15.4 Å². The lowest BCUT2D eigenvalue weighted by Gasteiger charge is -2.24. The third kappa shape index (κ3) is 3.00. The third-order valence-electron chi connectivity index (χ3n) is 4.58. The van der Waals surface area contributed by atoms with Gasteiger partial charge in [0.05, 0.1) is 0 Å². The van der Waals surface area contributed by atoms with Crippen LogP contribution in [0.3, 0.4) is 0 Å². The molecule has 0 spiro atoms. The van der Waals surface area contributed by atoms with Gasteiger partial charge in [-0.15, -0.1) is 0 Å². The zero-order valence-corrected chi connectivity index (χ0v) is 14.6. The predicted octanol–water partition coefficient (Wildman–Crippen LogP) is 5.51. The minimum atomic E-state index is 0.546. The normalized spacial score (nSPS) is 15.9. The minimum Gasteiger partial charge on any atom is -0.367 e. The number of aromatic nitrogens is 2. The fourth-order valence-corrected chi connectivity index (χ4v) is 3.73. The van der Waals surface area contributed by atoms with Gasteiger partial charge in [0.2, 0.25) is 0 Å². The van der Waals surface area contributed by atoms with Crippen molar-refractivity contribution >= 4 is 27.4 Å². The van der Waals surface area contributed by atoms with Crippen LogP contribution in [0.1, 0.15) is 32.1 Å². The number of anilines is 1. The van der Waals surface area contributed by atoms with Gasteiger partial charge in [-0.05, 0) is 40.9 Å². The molecule has 4 rings (SSSR count). The molecule has 0 radical (unpaired) electrons. The molecule has 0 unspecified atom stereocenters. The molecule has 2 aromatic heterocycles. The van der Waals surface area contributed by atoms with Crippen molar-refractivity contribution in [3.63, 3.8) is 0 Å². The molecule has 2 heterocycles. The average molecular weight is 370 g/mol. The monoisotopic (exact) mass is 369 g/mol. The molecular formula is C19H20BrN3. The Bertz CT molecular complexity index is 804. The van der Waals surface area contributed by atoms with Gasteiger partial charge < -0.3 is 5.32 Å². The van der Waals surface area contributed by atoms with E-state index >= 15 is 0 Å². The van der Waals surface area contributed by atoms with Crippen LogP contribution < -0.4 is 5.32 Å². The number of nitrogens with zero attached hydrogens (tertiary/aromatic N) is 2. The summed E-state index contributed by atoms with van der Waals surface area (Å²) in [6.45, 7) is 0. The van der Waals surface area contributed by atoms with E-state index in [1.54, 1.807) is 0 Å². The number of halogens is 1. The van der Waals surface area contributed by atoms with Crippen molar-refractivity contribution in [3.05, 3.63) is 53.1 Å². The molecule has 4 heteroatoms. The minimum absolute atomic E-state index is 0.546. The van der Waals surface area contributed by atoms with Gasteiger partial charge in [-0.2, -0.15) is 0 Å². The number of rotatable bonds is 3. The van der Waals surface area contributed by atoms with E-state index in [1.807, 2.05) is 12.1 Å². The SMILES string of the molecule is Brc1ccc2nc(-c3ccccc3)c(NC3CCCCC3)n2c1. The maximum absolute atomic E-state index is 4.87. The Hall–Kier alpha value is -1.81. The second kappa shape index (κ2) is 6.36. The Morgan fingerprint density at radius 2 is 1.78 bits per heavy atom. The first-order valence-electron chi connectivity index (χ1n) is 8.31. The molecular weight excluding hydrogens is 350 g/mol. The van der Waals surface area contributed by atoms with Crippen LogP contribution in [0.2, 0.25) is 0 Å². The van der Waals surface area contributed by atoms with E-state index in [0.717, 1.165) is 27.2 Å². The molecule has 0 saturated heterocycles. The molecule has 1 aliphatic rings. The molecule has 1 aromatic carbocycles. The zero-order valence-electron chi connectivity index (χ0n) is 13.0. The Balaban J connectivity index is 1.82. The number of imidazole rings is 1. The fraction of sp³-hybridized carbons (Fsp3) is 0.316. The first kappa shape index (κ1) is 14.8. The lowest BCUT2D eigenvalue weighted by molar-refractivity contribution is 0.462. The Morgan fingerprint density at radius 1 is 1.00 bits per heavy atom. The van der Waals surface area contributed by atoms with E-state index in [9.17, 15) is 0 Å². The van der Waals surface area contributed by atoms with Crippen molar-refractivity contribution in [1.82, 2.24) is 9.38 Å². The van der Waals surface area contributed by atoms with E-state index in [0.29, 0.717) is 6.04 Å². The number of fused-ring (bicyclic) bond motifs is 1. The maximum Gasteiger partial charge on any atom is 0.139 e. The smallest absolute Gasteiger partial charge is 0.139 e. The number of benzene rings is 1. The quantitative estimate of drug-likeness (QED) is 0.659. The second-order valence-corrected chi connectivity index (χ2v) is 7.15. The van der Waals surface area contributed by atoms with Crippen LogP contribution >= 0.6 is 15.9 Å². The van der Waals surface area contributed by atoms with Gasteiger partial charge >= 0.3 is 0 Å². The number of hydrogen-bond donors (Lipinski definition) is 1. The largest absolute Gasteiger partial charge is 0.367 e.